The number of rotatable bonds is 3. The standard InChI is InChI=1S/C6H8F3N3O/c7-6(8,9)3-13-4-12-2-1-5(10)11-12/h1-2H,3-4H2,(H2,10,11). The van der Waals surface area contributed by atoms with Gasteiger partial charge < -0.3 is 10.5 Å². The van der Waals surface area contributed by atoms with Crippen LogP contribution in [0.25, 0.3) is 0 Å². The summed E-state index contributed by atoms with van der Waals surface area (Å²) >= 11 is 0. The van der Waals surface area contributed by atoms with Gasteiger partial charge in [-0.3, -0.25) is 0 Å². The van der Waals surface area contributed by atoms with Crippen molar-refractivity contribution in [1.82, 2.24) is 9.78 Å². The van der Waals surface area contributed by atoms with Crippen molar-refractivity contribution in [2.75, 3.05) is 12.3 Å². The van der Waals surface area contributed by atoms with Crippen LogP contribution in [0.3, 0.4) is 0 Å². The van der Waals surface area contributed by atoms with Crippen LogP contribution in [0.2, 0.25) is 0 Å². The average Bonchev–Trinajstić information content (AvgIpc) is 2.33. The molecule has 13 heavy (non-hydrogen) atoms. The molecule has 1 rings (SSSR count). The maximum absolute atomic E-state index is 11.6. The predicted octanol–water partition coefficient (Wildman–Crippen LogP) is 1.00. The van der Waals surface area contributed by atoms with Gasteiger partial charge in [-0.2, -0.15) is 18.3 Å². The largest absolute Gasteiger partial charge is 0.411 e. The number of hydrogen-bond donors (Lipinski definition) is 1. The predicted molar refractivity (Wildman–Crippen MR) is 38.6 cm³/mol. The minimum atomic E-state index is -4.31. The van der Waals surface area contributed by atoms with Crippen LogP contribution >= 0.6 is 0 Å². The normalized spacial score (nSPS) is 11.9. The van der Waals surface area contributed by atoms with Crippen molar-refractivity contribution in [3.05, 3.63) is 12.3 Å². The zero-order valence-electron chi connectivity index (χ0n) is 6.58. The molecule has 74 valence electrons. The quantitative estimate of drug-likeness (QED) is 0.782. The maximum Gasteiger partial charge on any atom is 0.411 e. The molecule has 0 aliphatic heterocycles. The summed E-state index contributed by atoms with van der Waals surface area (Å²) in [6.45, 7) is -1.54. The minimum absolute atomic E-state index is 0.246. The van der Waals surface area contributed by atoms with Gasteiger partial charge in [-0.15, -0.1) is 0 Å². The molecular formula is C6H8F3N3O. The van der Waals surface area contributed by atoms with Gasteiger partial charge in [-0.1, -0.05) is 0 Å². The van der Waals surface area contributed by atoms with Crippen molar-refractivity contribution >= 4 is 5.82 Å². The van der Waals surface area contributed by atoms with E-state index in [-0.39, 0.29) is 12.5 Å². The highest BCUT2D eigenvalue weighted by molar-refractivity contribution is 5.23. The van der Waals surface area contributed by atoms with Crippen LogP contribution in [0.15, 0.2) is 12.3 Å². The Hall–Kier alpha value is -1.24. The molecule has 2 N–H and O–H groups in total. The zero-order valence-corrected chi connectivity index (χ0v) is 6.58. The summed E-state index contributed by atoms with van der Waals surface area (Å²) < 4.78 is 40.3. The van der Waals surface area contributed by atoms with E-state index in [1.54, 1.807) is 0 Å². The first-order valence-electron chi connectivity index (χ1n) is 3.41. The third-order valence-corrected chi connectivity index (χ3v) is 1.15. The van der Waals surface area contributed by atoms with Crippen LogP contribution < -0.4 is 5.73 Å². The molecule has 0 unspecified atom stereocenters. The van der Waals surface area contributed by atoms with E-state index in [4.69, 9.17) is 5.73 Å². The highest BCUT2D eigenvalue weighted by Gasteiger charge is 2.27. The Labute approximate surface area is 72.1 Å². The van der Waals surface area contributed by atoms with Gasteiger partial charge in [0.05, 0.1) is 0 Å². The molecule has 4 nitrogen and oxygen atoms in total. The summed E-state index contributed by atoms with van der Waals surface area (Å²) in [5, 5.41) is 3.63. The van der Waals surface area contributed by atoms with Gasteiger partial charge in [-0.25, -0.2) is 4.68 Å². The smallest absolute Gasteiger partial charge is 0.382 e. The molecule has 0 spiro atoms. The summed E-state index contributed by atoms with van der Waals surface area (Å²) in [4.78, 5) is 0. The van der Waals surface area contributed by atoms with Crippen molar-refractivity contribution < 1.29 is 17.9 Å². The third kappa shape index (κ3) is 3.79. The number of nitrogen functional groups attached to an aromatic ring is 1. The zero-order chi connectivity index (χ0) is 9.90. The van der Waals surface area contributed by atoms with Gasteiger partial charge in [0.25, 0.3) is 0 Å². The van der Waals surface area contributed by atoms with Gasteiger partial charge in [-0.05, 0) is 0 Å². The van der Waals surface area contributed by atoms with Crippen molar-refractivity contribution in [3.8, 4) is 0 Å². The number of halogens is 3. The van der Waals surface area contributed by atoms with Crippen LogP contribution in [-0.2, 0) is 11.5 Å². The van der Waals surface area contributed by atoms with E-state index < -0.39 is 12.8 Å². The van der Waals surface area contributed by atoms with Crippen LogP contribution in [0.4, 0.5) is 19.0 Å². The van der Waals surface area contributed by atoms with Crippen molar-refractivity contribution in [1.29, 1.82) is 0 Å². The lowest BCUT2D eigenvalue weighted by atomic mass is 10.7. The molecule has 0 bridgehead atoms. The second-order valence-corrected chi connectivity index (χ2v) is 2.37. The first kappa shape index (κ1) is 9.85. The summed E-state index contributed by atoms with van der Waals surface area (Å²) in [6, 6.07) is 1.47. The Morgan fingerprint density at radius 1 is 1.54 bits per heavy atom. The lowest BCUT2D eigenvalue weighted by Gasteiger charge is -2.06. The molecular weight excluding hydrogens is 187 g/mol. The second kappa shape index (κ2) is 3.65. The number of nitrogens with two attached hydrogens (primary N) is 1. The highest BCUT2D eigenvalue weighted by atomic mass is 19.4. The van der Waals surface area contributed by atoms with Crippen LogP contribution in [-0.4, -0.2) is 22.6 Å². The molecule has 7 heteroatoms. The molecule has 1 aromatic heterocycles. The molecule has 0 aliphatic rings. The SMILES string of the molecule is Nc1ccn(COCC(F)(F)F)n1. The Morgan fingerprint density at radius 3 is 2.69 bits per heavy atom. The number of anilines is 1. The van der Waals surface area contributed by atoms with Crippen molar-refractivity contribution in [2.24, 2.45) is 0 Å². The fourth-order valence-corrected chi connectivity index (χ4v) is 0.704. The molecule has 0 aromatic carbocycles. The van der Waals surface area contributed by atoms with E-state index in [2.05, 4.69) is 9.84 Å². The fraction of sp³-hybridized carbons (Fsp3) is 0.500. The van der Waals surface area contributed by atoms with Gasteiger partial charge in [0.1, 0.15) is 19.2 Å². The first-order chi connectivity index (χ1) is 5.97. The third-order valence-electron chi connectivity index (χ3n) is 1.15. The van der Waals surface area contributed by atoms with Crippen molar-refractivity contribution in [3.63, 3.8) is 0 Å². The summed E-state index contributed by atoms with van der Waals surface area (Å²) in [5.74, 6) is 0.246. The summed E-state index contributed by atoms with van der Waals surface area (Å²) in [7, 11) is 0. The van der Waals surface area contributed by atoms with E-state index >= 15 is 0 Å². The molecule has 0 atom stereocenters. The summed E-state index contributed by atoms with van der Waals surface area (Å²) in [5.41, 5.74) is 5.23. The Balaban J connectivity index is 2.28. The highest BCUT2D eigenvalue weighted by Crippen LogP contribution is 2.14. The molecule has 0 saturated carbocycles. The van der Waals surface area contributed by atoms with Crippen LogP contribution in [0.5, 0.6) is 0 Å². The topological polar surface area (TPSA) is 53.1 Å². The first-order valence-corrected chi connectivity index (χ1v) is 3.41. The van der Waals surface area contributed by atoms with E-state index in [1.807, 2.05) is 0 Å². The fourth-order valence-electron chi connectivity index (χ4n) is 0.704. The molecule has 1 heterocycles. The minimum Gasteiger partial charge on any atom is -0.382 e. The number of alkyl halides is 3. The Morgan fingerprint density at radius 2 is 2.23 bits per heavy atom. The number of ether oxygens (including phenoxy) is 1. The number of nitrogens with zero attached hydrogens (tertiary/aromatic N) is 2. The van der Waals surface area contributed by atoms with E-state index in [9.17, 15) is 13.2 Å². The van der Waals surface area contributed by atoms with Crippen LogP contribution in [0, 0.1) is 0 Å². The molecule has 0 amide bonds. The number of hydrogen-bond acceptors (Lipinski definition) is 3. The molecule has 1 aromatic rings. The molecule has 0 saturated heterocycles. The summed E-state index contributed by atoms with van der Waals surface area (Å²) in [6.07, 6.45) is -2.87. The second-order valence-electron chi connectivity index (χ2n) is 2.37. The monoisotopic (exact) mass is 195 g/mol. The van der Waals surface area contributed by atoms with E-state index in [0.29, 0.717) is 0 Å². The molecule has 0 fully saturated rings. The van der Waals surface area contributed by atoms with E-state index in [1.165, 1.54) is 16.9 Å². The Kier molecular flexibility index (Phi) is 2.76. The van der Waals surface area contributed by atoms with Crippen LogP contribution in [0.1, 0.15) is 0 Å². The lowest BCUT2D eigenvalue weighted by Crippen LogP contribution is -2.18. The average molecular weight is 195 g/mol. The lowest BCUT2D eigenvalue weighted by molar-refractivity contribution is -0.182. The van der Waals surface area contributed by atoms with Gasteiger partial charge in [0.2, 0.25) is 0 Å². The van der Waals surface area contributed by atoms with Gasteiger partial charge >= 0.3 is 6.18 Å². The van der Waals surface area contributed by atoms with Gasteiger partial charge in [0, 0.05) is 12.3 Å². The van der Waals surface area contributed by atoms with Gasteiger partial charge in [0.15, 0.2) is 0 Å². The number of aromatic nitrogens is 2. The Bertz CT molecular complexity index is 270. The van der Waals surface area contributed by atoms with Crippen molar-refractivity contribution in [2.45, 2.75) is 12.9 Å². The molecule has 0 radical (unpaired) electrons. The van der Waals surface area contributed by atoms with E-state index in [0.717, 1.165) is 0 Å². The maximum atomic E-state index is 11.6. The molecule has 0 aliphatic carbocycles.